The van der Waals surface area contributed by atoms with Crippen LogP contribution >= 0.6 is 0 Å². The number of carbonyl (C=O) groups excluding carboxylic acids is 3. The van der Waals surface area contributed by atoms with E-state index in [2.05, 4.69) is 15.4 Å². The third-order valence-corrected chi connectivity index (χ3v) is 4.77. The lowest BCUT2D eigenvalue weighted by Gasteiger charge is -2.31. The van der Waals surface area contributed by atoms with E-state index in [-0.39, 0.29) is 17.7 Å². The van der Waals surface area contributed by atoms with Gasteiger partial charge >= 0.3 is 6.09 Å². The van der Waals surface area contributed by atoms with Gasteiger partial charge in [-0.1, -0.05) is 12.1 Å². The van der Waals surface area contributed by atoms with Crippen LogP contribution in [0.2, 0.25) is 0 Å². The van der Waals surface area contributed by atoms with Crippen LogP contribution in [0, 0.1) is 5.92 Å². The van der Waals surface area contributed by atoms with Gasteiger partial charge in [0.05, 0.1) is 18.9 Å². The maximum Gasteiger partial charge on any atom is 0.411 e. The smallest absolute Gasteiger partial charge is 0.411 e. The van der Waals surface area contributed by atoms with Crippen LogP contribution < -0.4 is 10.6 Å². The molecule has 0 atom stereocenters. The maximum atomic E-state index is 12.4. The van der Waals surface area contributed by atoms with Gasteiger partial charge in [-0.15, -0.1) is 0 Å². The first-order valence-corrected chi connectivity index (χ1v) is 9.10. The molecule has 2 heterocycles. The van der Waals surface area contributed by atoms with Gasteiger partial charge in [0, 0.05) is 31.2 Å². The van der Waals surface area contributed by atoms with Crippen LogP contribution in [0.1, 0.15) is 28.8 Å². The second kappa shape index (κ2) is 9.07. The lowest BCUT2D eigenvalue weighted by Crippen LogP contribution is -2.42. The van der Waals surface area contributed by atoms with E-state index in [1.165, 1.54) is 19.6 Å². The Morgan fingerprint density at radius 1 is 1.14 bits per heavy atom. The zero-order chi connectivity index (χ0) is 19.9. The van der Waals surface area contributed by atoms with Crippen LogP contribution in [-0.4, -0.2) is 43.0 Å². The Hall–Kier alpha value is -3.29. The molecule has 1 aliphatic heterocycles. The van der Waals surface area contributed by atoms with Crippen molar-refractivity contribution in [2.75, 3.05) is 25.5 Å². The number of methoxy groups -OCH3 is 1. The summed E-state index contributed by atoms with van der Waals surface area (Å²) < 4.78 is 9.49. The summed E-state index contributed by atoms with van der Waals surface area (Å²) >= 11 is 0. The lowest BCUT2D eigenvalue weighted by molar-refractivity contribution is -0.126. The Morgan fingerprint density at radius 2 is 1.86 bits per heavy atom. The minimum atomic E-state index is -0.529. The summed E-state index contributed by atoms with van der Waals surface area (Å²) in [7, 11) is 1.30. The number of furan rings is 1. The number of carbonyl (C=O) groups is 3. The second-order valence-electron chi connectivity index (χ2n) is 6.61. The van der Waals surface area contributed by atoms with Gasteiger partial charge in [0.25, 0.3) is 5.91 Å². The average molecular weight is 385 g/mol. The van der Waals surface area contributed by atoms with Crippen LogP contribution in [0.4, 0.5) is 10.5 Å². The van der Waals surface area contributed by atoms with Crippen LogP contribution in [0.15, 0.2) is 47.3 Å². The Kier molecular flexibility index (Phi) is 6.31. The predicted octanol–water partition coefficient (Wildman–Crippen LogP) is 2.63. The van der Waals surface area contributed by atoms with Crippen molar-refractivity contribution < 1.29 is 23.5 Å². The van der Waals surface area contributed by atoms with Crippen LogP contribution in [-0.2, 0) is 16.1 Å². The van der Waals surface area contributed by atoms with Crippen molar-refractivity contribution in [1.82, 2.24) is 10.2 Å². The summed E-state index contributed by atoms with van der Waals surface area (Å²) in [6, 6.07) is 8.80. The van der Waals surface area contributed by atoms with Gasteiger partial charge < -0.3 is 19.4 Å². The van der Waals surface area contributed by atoms with E-state index in [4.69, 9.17) is 4.42 Å². The number of hydrogen-bond acceptors (Lipinski definition) is 5. The zero-order valence-corrected chi connectivity index (χ0v) is 15.6. The highest BCUT2D eigenvalue weighted by Crippen LogP contribution is 2.20. The molecule has 2 N–H and O–H groups in total. The van der Waals surface area contributed by atoms with E-state index in [1.54, 1.807) is 23.1 Å². The molecule has 1 aliphatic rings. The van der Waals surface area contributed by atoms with Crippen molar-refractivity contribution in [2.24, 2.45) is 5.92 Å². The Morgan fingerprint density at radius 3 is 2.46 bits per heavy atom. The van der Waals surface area contributed by atoms with Crippen molar-refractivity contribution in [3.05, 3.63) is 54.0 Å². The fourth-order valence-corrected chi connectivity index (χ4v) is 3.12. The minimum absolute atomic E-state index is 0.00725. The van der Waals surface area contributed by atoms with E-state index in [0.717, 1.165) is 5.56 Å². The van der Waals surface area contributed by atoms with Crippen LogP contribution in [0.25, 0.3) is 0 Å². The molecule has 3 amide bonds. The van der Waals surface area contributed by atoms with Crippen molar-refractivity contribution in [1.29, 1.82) is 0 Å². The maximum absolute atomic E-state index is 12.4. The molecule has 0 aliphatic carbocycles. The molecule has 1 aromatic carbocycles. The van der Waals surface area contributed by atoms with E-state index in [9.17, 15) is 14.4 Å². The normalized spacial score (nSPS) is 14.4. The zero-order valence-electron chi connectivity index (χ0n) is 15.6. The van der Waals surface area contributed by atoms with Gasteiger partial charge in [0.1, 0.15) is 6.26 Å². The van der Waals surface area contributed by atoms with Gasteiger partial charge in [0.2, 0.25) is 5.91 Å². The molecule has 0 saturated carbocycles. The number of rotatable bonds is 5. The third-order valence-electron chi connectivity index (χ3n) is 4.77. The number of benzene rings is 1. The van der Waals surface area contributed by atoms with Gasteiger partial charge in [0.15, 0.2) is 0 Å². The fourth-order valence-electron chi connectivity index (χ4n) is 3.12. The van der Waals surface area contributed by atoms with Crippen molar-refractivity contribution >= 4 is 23.6 Å². The molecule has 8 nitrogen and oxygen atoms in total. The fraction of sp³-hybridized carbons (Fsp3) is 0.350. The summed E-state index contributed by atoms with van der Waals surface area (Å²) in [5, 5.41) is 5.51. The SMILES string of the molecule is COC(=O)Nc1ccc(CNC(=O)C2CCN(C(=O)c3ccoc3)CC2)cc1. The van der Waals surface area contributed by atoms with Gasteiger partial charge in [-0.25, -0.2) is 4.79 Å². The van der Waals surface area contributed by atoms with E-state index < -0.39 is 6.09 Å². The summed E-state index contributed by atoms with van der Waals surface area (Å²) in [4.78, 5) is 37.6. The second-order valence-corrected chi connectivity index (χ2v) is 6.61. The molecule has 0 spiro atoms. The third kappa shape index (κ3) is 4.91. The van der Waals surface area contributed by atoms with E-state index >= 15 is 0 Å². The average Bonchev–Trinajstić information content (AvgIpc) is 3.27. The molecule has 0 unspecified atom stereocenters. The topological polar surface area (TPSA) is 101 Å². The highest BCUT2D eigenvalue weighted by molar-refractivity contribution is 5.94. The number of amides is 3. The standard InChI is InChI=1S/C20H23N3O5/c1-27-20(26)22-17-4-2-14(3-5-17)12-21-18(24)15-6-9-23(10-7-15)19(25)16-8-11-28-13-16/h2-5,8,11,13,15H,6-7,9-10,12H2,1H3,(H,21,24)(H,22,26). The monoisotopic (exact) mass is 385 g/mol. The Bertz CT molecular complexity index is 809. The number of nitrogens with zero attached hydrogens (tertiary/aromatic N) is 1. The summed E-state index contributed by atoms with van der Waals surface area (Å²) in [5.74, 6) is -0.172. The van der Waals surface area contributed by atoms with E-state index in [0.29, 0.717) is 43.7 Å². The van der Waals surface area contributed by atoms with Crippen LogP contribution in [0.5, 0.6) is 0 Å². The molecule has 1 aromatic heterocycles. The number of piperidine rings is 1. The molecule has 1 fully saturated rings. The first kappa shape index (κ1) is 19.5. The van der Waals surface area contributed by atoms with Crippen molar-refractivity contribution in [2.45, 2.75) is 19.4 Å². The van der Waals surface area contributed by atoms with Gasteiger partial charge in [-0.05, 0) is 36.6 Å². The summed E-state index contributed by atoms with van der Waals surface area (Å²) in [5.41, 5.74) is 2.08. The molecular weight excluding hydrogens is 362 g/mol. The van der Waals surface area contributed by atoms with Gasteiger partial charge in [-0.2, -0.15) is 0 Å². The Balaban J connectivity index is 1.43. The van der Waals surface area contributed by atoms with Gasteiger partial charge in [-0.3, -0.25) is 14.9 Å². The van der Waals surface area contributed by atoms with Crippen molar-refractivity contribution in [3.8, 4) is 0 Å². The highest BCUT2D eigenvalue weighted by atomic mass is 16.5. The molecule has 3 rings (SSSR count). The summed E-state index contributed by atoms with van der Waals surface area (Å²) in [6.07, 6.45) is 3.66. The molecule has 2 aromatic rings. The lowest BCUT2D eigenvalue weighted by atomic mass is 9.95. The molecule has 1 saturated heterocycles. The number of likely N-dealkylation sites (tertiary alicyclic amines) is 1. The van der Waals surface area contributed by atoms with Crippen molar-refractivity contribution in [3.63, 3.8) is 0 Å². The van der Waals surface area contributed by atoms with E-state index in [1.807, 2.05) is 12.1 Å². The molecule has 0 radical (unpaired) electrons. The predicted molar refractivity (Wildman–Crippen MR) is 102 cm³/mol. The highest BCUT2D eigenvalue weighted by Gasteiger charge is 2.28. The number of anilines is 1. The molecular formula is C20H23N3O5. The number of nitrogens with one attached hydrogen (secondary N) is 2. The first-order valence-electron chi connectivity index (χ1n) is 9.10. The van der Waals surface area contributed by atoms with Crippen LogP contribution in [0.3, 0.4) is 0 Å². The molecule has 8 heteroatoms. The summed E-state index contributed by atoms with van der Waals surface area (Å²) in [6.45, 7) is 1.51. The molecule has 148 valence electrons. The number of ether oxygens (including phenoxy) is 1. The molecule has 28 heavy (non-hydrogen) atoms. The number of hydrogen-bond donors (Lipinski definition) is 2. The minimum Gasteiger partial charge on any atom is -0.472 e. The first-order chi connectivity index (χ1) is 13.6. The largest absolute Gasteiger partial charge is 0.472 e. The Labute approximate surface area is 162 Å². The quantitative estimate of drug-likeness (QED) is 0.824. The molecule has 0 bridgehead atoms.